The predicted octanol–water partition coefficient (Wildman–Crippen LogP) is 2.71. The van der Waals surface area contributed by atoms with E-state index in [1.165, 1.54) is 22.3 Å². The van der Waals surface area contributed by atoms with Crippen LogP contribution in [0.1, 0.15) is 22.3 Å². The van der Waals surface area contributed by atoms with E-state index in [9.17, 15) is 4.79 Å². The monoisotopic (exact) mass is 393 g/mol. The number of carbonyl (C=O) groups is 1. The Kier molecular flexibility index (Phi) is 6.16. The third-order valence-corrected chi connectivity index (χ3v) is 6.14. The lowest BCUT2D eigenvalue weighted by molar-refractivity contribution is -0.133. The second-order valence-electron chi connectivity index (χ2n) is 8.20. The molecular weight excluding hydrogens is 362 g/mol. The quantitative estimate of drug-likeness (QED) is 0.783. The van der Waals surface area contributed by atoms with Crippen LogP contribution in [0.3, 0.4) is 0 Å². The minimum absolute atomic E-state index is 0.258. The molecule has 1 saturated heterocycles. The highest BCUT2D eigenvalue weighted by Gasteiger charge is 2.24. The Morgan fingerprint density at radius 3 is 2.45 bits per heavy atom. The van der Waals surface area contributed by atoms with Gasteiger partial charge < -0.3 is 9.64 Å². The standard InChI is InChI=1S/C24H31N3O2/c1-19-7-8-23(29-2)22(15-19)16-25-11-13-26(14-12-25)18-24(28)27-10-9-20-5-3-4-6-21(20)17-27/h3-8,15H,9-14,16-18H2,1-2H3. The minimum atomic E-state index is 0.258. The van der Waals surface area contributed by atoms with Gasteiger partial charge in [-0.15, -0.1) is 0 Å². The first-order valence-electron chi connectivity index (χ1n) is 10.5. The number of amides is 1. The van der Waals surface area contributed by atoms with Crippen LogP contribution in [0.4, 0.5) is 0 Å². The molecule has 0 aromatic heterocycles. The molecule has 4 rings (SSSR count). The van der Waals surface area contributed by atoms with Crippen molar-refractivity contribution in [3.8, 4) is 5.75 Å². The molecule has 5 heteroatoms. The summed E-state index contributed by atoms with van der Waals surface area (Å²) < 4.78 is 5.52. The van der Waals surface area contributed by atoms with Crippen LogP contribution in [0.15, 0.2) is 42.5 Å². The Labute approximate surface area is 173 Å². The second-order valence-corrected chi connectivity index (χ2v) is 8.20. The summed E-state index contributed by atoms with van der Waals surface area (Å²) in [6.45, 7) is 8.96. The normalized spacial score (nSPS) is 17.8. The molecular formula is C24H31N3O2. The number of fused-ring (bicyclic) bond motifs is 1. The Morgan fingerprint density at radius 2 is 1.69 bits per heavy atom. The highest BCUT2D eigenvalue weighted by molar-refractivity contribution is 5.78. The molecule has 2 aromatic rings. The van der Waals surface area contributed by atoms with Crippen LogP contribution < -0.4 is 4.74 Å². The van der Waals surface area contributed by atoms with Crippen molar-refractivity contribution in [1.82, 2.24) is 14.7 Å². The first kappa shape index (κ1) is 19.9. The zero-order valence-corrected chi connectivity index (χ0v) is 17.6. The first-order chi connectivity index (χ1) is 14.1. The van der Waals surface area contributed by atoms with Crippen molar-refractivity contribution in [1.29, 1.82) is 0 Å². The van der Waals surface area contributed by atoms with Gasteiger partial charge in [0.2, 0.25) is 5.91 Å². The summed E-state index contributed by atoms with van der Waals surface area (Å²) in [6, 6.07) is 14.8. The summed E-state index contributed by atoms with van der Waals surface area (Å²) in [5, 5.41) is 0. The highest BCUT2D eigenvalue weighted by atomic mass is 16.5. The SMILES string of the molecule is COc1ccc(C)cc1CN1CCN(CC(=O)N2CCc3ccccc3C2)CC1. The van der Waals surface area contributed by atoms with E-state index in [2.05, 4.69) is 59.2 Å². The molecule has 0 saturated carbocycles. The maximum atomic E-state index is 12.8. The fraction of sp³-hybridized carbons (Fsp3) is 0.458. The maximum absolute atomic E-state index is 12.8. The van der Waals surface area contributed by atoms with Crippen LogP contribution in [0, 0.1) is 6.92 Å². The average molecular weight is 394 g/mol. The zero-order valence-electron chi connectivity index (χ0n) is 17.6. The average Bonchev–Trinajstić information content (AvgIpc) is 2.75. The smallest absolute Gasteiger partial charge is 0.237 e. The van der Waals surface area contributed by atoms with Crippen molar-refractivity contribution in [3.05, 3.63) is 64.7 Å². The van der Waals surface area contributed by atoms with Gasteiger partial charge in [-0.3, -0.25) is 14.6 Å². The Balaban J connectivity index is 1.27. The molecule has 0 unspecified atom stereocenters. The van der Waals surface area contributed by atoms with Gasteiger partial charge in [0.25, 0.3) is 0 Å². The molecule has 2 aliphatic heterocycles. The Bertz CT molecular complexity index is 859. The number of aryl methyl sites for hydroxylation is 1. The summed E-state index contributed by atoms with van der Waals surface area (Å²) in [5.41, 5.74) is 5.18. The van der Waals surface area contributed by atoms with Crippen LogP contribution in [-0.4, -0.2) is 67.0 Å². The lowest BCUT2D eigenvalue weighted by Crippen LogP contribution is -2.50. The topological polar surface area (TPSA) is 36.0 Å². The van der Waals surface area contributed by atoms with Gasteiger partial charge in [-0.25, -0.2) is 0 Å². The maximum Gasteiger partial charge on any atom is 0.237 e. The fourth-order valence-corrected chi connectivity index (χ4v) is 4.38. The second kappa shape index (κ2) is 8.97. The summed E-state index contributed by atoms with van der Waals surface area (Å²) in [4.78, 5) is 19.6. The van der Waals surface area contributed by atoms with Gasteiger partial charge in [-0.1, -0.05) is 42.0 Å². The van der Waals surface area contributed by atoms with Gasteiger partial charge in [0.05, 0.1) is 13.7 Å². The number of methoxy groups -OCH3 is 1. The molecule has 0 atom stereocenters. The first-order valence-corrected chi connectivity index (χ1v) is 10.5. The molecule has 0 bridgehead atoms. The van der Waals surface area contributed by atoms with Crippen LogP contribution in [0.5, 0.6) is 5.75 Å². The highest BCUT2D eigenvalue weighted by Crippen LogP contribution is 2.22. The number of piperazine rings is 1. The third kappa shape index (κ3) is 4.80. The van der Waals surface area contributed by atoms with Crippen LogP contribution in [0.25, 0.3) is 0 Å². The number of ether oxygens (including phenoxy) is 1. The van der Waals surface area contributed by atoms with Crippen molar-refractivity contribution in [2.75, 3.05) is 46.4 Å². The molecule has 0 aliphatic carbocycles. The van der Waals surface area contributed by atoms with E-state index >= 15 is 0 Å². The lowest BCUT2D eigenvalue weighted by Gasteiger charge is -2.36. The molecule has 2 heterocycles. The van der Waals surface area contributed by atoms with Gasteiger partial charge in [-0.2, -0.15) is 0 Å². The van der Waals surface area contributed by atoms with Gasteiger partial charge in [0.1, 0.15) is 5.75 Å². The molecule has 1 amide bonds. The van der Waals surface area contributed by atoms with E-state index in [4.69, 9.17) is 4.74 Å². The van der Waals surface area contributed by atoms with Crippen molar-refractivity contribution >= 4 is 5.91 Å². The van der Waals surface area contributed by atoms with Gasteiger partial charge in [0, 0.05) is 51.4 Å². The fourth-order valence-electron chi connectivity index (χ4n) is 4.38. The number of benzene rings is 2. The molecule has 2 aromatic carbocycles. The van der Waals surface area contributed by atoms with Gasteiger partial charge in [-0.05, 0) is 30.5 Å². The van der Waals surface area contributed by atoms with E-state index < -0.39 is 0 Å². The number of hydrogen-bond donors (Lipinski definition) is 0. The van der Waals surface area contributed by atoms with Crippen molar-refractivity contribution < 1.29 is 9.53 Å². The van der Waals surface area contributed by atoms with Crippen LogP contribution >= 0.6 is 0 Å². The van der Waals surface area contributed by atoms with Crippen molar-refractivity contribution in [2.24, 2.45) is 0 Å². The van der Waals surface area contributed by atoms with Crippen LogP contribution in [0.2, 0.25) is 0 Å². The summed E-state index contributed by atoms with van der Waals surface area (Å²) in [6.07, 6.45) is 0.966. The molecule has 0 N–H and O–H groups in total. The molecule has 0 spiro atoms. The third-order valence-electron chi connectivity index (χ3n) is 6.14. The molecule has 154 valence electrons. The van der Waals surface area contributed by atoms with E-state index in [1.807, 2.05) is 4.90 Å². The molecule has 1 fully saturated rings. The minimum Gasteiger partial charge on any atom is -0.496 e. The number of rotatable bonds is 5. The number of carbonyl (C=O) groups excluding carboxylic acids is 1. The summed E-state index contributed by atoms with van der Waals surface area (Å²) in [7, 11) is 1.73. The number of nitrogens with zero attached hydrogens (tertiary/aromatic N) is 3. The predicted molar refractivity (Wildman–Crippen MR) is 115 cm³/mol. The zero-order chi connectivity index (χ0) is 20.2. The molecule has 29 heavy (non-hydrogen) atoms. The largest absolute Gasteiger partial charge is 0.496 e. The van der Waals surface area contributed by atoms with Crippen LogP contribution in [-0.2, 0) is 24.3 Å². The summed E-state index contributed by atoms with van der Waals surface area (Å²) >= 11 is 0. The Morgan fingerprint density at radius 1 is 0.966 bits per heavy atom. The Hall–Kier alpha value is -2.37. The summed E-state index contributed by atoms with van der Waals surface area (Å²) in [5.74, 6) is 1.21. The van der Waals surface area contributed by atoms with E-state index in [0.717, 1.165) is 58.0 Å². The van der Waals surface area contributed by atoms with Crippen molar-refractivity contribution in [3.63, 3.8) is 0 Å². The number of hydrogen-bond acceptors (Lipinski definition) is 4. The van der Waals surface area contributed by atoms with E-state index in [1.54, 1.807) is 7.11 Å². The van der Waals surface area contributed by atoms with Gasteiger partial charge in [0.15, 0.2) is 0 Å². The molecule has 0 radical (unpaired) electrons. The van der Waals surface area contributed by atoms with Crippen molar-refractivity contribution in [2.45, 2.75) is 26.4 Å². The lowest BCUT2D eigenvalue weighted by atomic mass is 10.00. The van der Waals surface area contributed by atoms with Gasteiger partial charge >= 0.3 is 0 Å². The van der Waals surface area contributed by atoms with E-state index in [-0.39, 0.29) is 5.91 Å². The molecule has 5 nitrogen and oxygen atoms in total. The van der Waals surface area contributed by atoms with E-state index in [0.29, 0.717) is 6.54 Å². The molecule has 2 aliphatic rings.